The molecule has 0 aliphatic heterocycles. The van der Waals surface area contributed by atoms with E-state index in [4.69, 9.17) is 0 Å². The summed E-state index contributed by atoms with van der Waals surface area (Å²) in [7, 11) is 0. The first kappa shape index (κ1) is 13.8. The van der Waals surface area contributed by atoms with Crippen LogP contribution in [0.5, 0.6) is 0 Å². The maximum absolute atomic E-state index is 12.4. The lowest BCUT2D eigenvalue weighted by Crippen LogP contribution is -2.33. The molecule has 21 heavy (non-hydrogen) atoms. The Morgan fingerprint density at radius 2 is 2.38 bits per heavy atom. The van der Waals surface area contributed by atoms with Crippen LogP contribution < -0.4 is 11.0 Å². The average molecular weight is 304 g/mol. The van der Waals surface area contributed by atoms with Gasteiger partial charge in [0.25, 0.3) is 0 Å². The highest BCUT2D eigenvalue weighted by Gasteiger charge is 2.30. The summed E-state index contributed by atoms with van der Waals surface area (Å²) < 4.78 is 2.96. The molecule has 2 aromatic heterocycles. The van der Waals surface area contributed by atoms with Crippen molar-refractivity contribution in [2.75, 3.05) is 6.54 Å². The summed E-state index contributed by atoms with van der Waals surface area (Å²) in [5.41, 5.74) is -0.213. The summed E-state index contributed by atoms with van der Waals surface area (Å²) in [5.74, 6) is 0.421. The van der Waals surface area contributed by atoms with Crippen LogP contribution in [0.3, 0.4) is 0 Å². The lowest BCUT2D eigenvalue weighted by Gasteiger charge is -2.00. The second-order valence-electron chi connectivity index (χ2n) is 4.94. The first-order valence-electron chi connectivity index (χ1n) is 6.81. The molecule has 1 aliphatic rings. The van der Waals surface area contributed by atoms with E-state index in [1.165, 1.54) is 4.68 Å². The van der Waals surface area contributed by atoms with Crippen LogP contribution in [0.25, 0.3) is 10.7 Å². The van der Waals surface area contributed by atoms with Crippen LogP contribution in [0.1, 0.15) is 18.9 Å². The van der Waals surface area contributed by atoms with Gasteiger partial charge < -0.3 is 5.32 Å². The van der Waals surface area contributed by atoms with Gasteiger partial charge in [-0.25, -0.2) is 9.48 Å². The van der Waals surface area contributed by atoms with E-state index in [1.54, 1.807) is 22.0 Å². The van der Waals surface area contributed by atoms with E-state index >= 15 is 0 Å². The van der Waals surface area contributed by atoms with Crippen LogP contribution in [0.15, 0.2) is 35.0 Å². The number of aromatic nitrogens is 3. The second-order valence-corrected chi connectivity index (χ2v) is 5.88. The summed E-state index contributed by atoms with van der Waals surface area (Å²) in [6, 6.07) is 4.09. The van der Waals surface area contributed by atoms with E-state index in [2.05, 4.69) is 17.0 Å². The van der Waals surface area contributed by atoms with Crippen molar-refractivity contribution in [3.8, 4) is 10.7 Å². The minimum atomic E-state index is -0.241. The molecular weight excluding hydrogens is 288 g/mol. The summed E-state index contributed by atoms with van der Waals surface area (Å²) in [5, 5.41) is 8.96. The van der Waals surface area contributed by atoms with Gasteiger partial charge in [0.1, 0.15) is 6.54 Å². The van der Waals surface area contributed by atoms with Crippen molar-refractivity contribution in [1.82, 2.24) is 19.7 Å². The largest absolute Gasteiger partial charge is 0.351 e. The standard InChI is InChI=1S/C14H16N4O2S/c1-2-7-15-12(19)9-17-14(20)18(10-5-6-10)13(16-17)11-4-3-8-21-11/h2-4,8,10H,1,5-7,9H2,(H,15,19). The predicted molar refractivity (Wildman–Crippen MR) is 81.3 cm³/mol. The molecule has 110 valence electrons. The Morgan fingerprint density at radius 3 is 3.00 bits per heavy atom. The van der Waals surface area contributed by atoms with E-state index in [0.717, 1.165) is 17.7 Å². The number of amides is 1. The molecule has 3 rings (SSSR count). The van der Waals surface area contributed by atoms with Crippen molar-refractivity contribution in [2.24, 2.45) is 0 Å². The van der Waals surface area contributed by atoms with Gasteiger partial charge in [-0.05, 0) is 24.3 Å². The molecule has 1 aliphatic carbocycles. The van der Waals surface area contributed by atoms with Gasteiger partial charge in [0.15, 0.2) is 5.82 Å². The zero-order valence-electron chi connectivity index (χ0n) is 11.5. The zero-order valence-corrected chi connectivity index (χ0v) is 12.3. The molecule has 6 nitrogen and oxygen atoms in total. The van der Waals surface area contributed by atoms with Crippen molar-refractivity contribution in [2.45, 2.75) is 25.4 Å². The topological polar surface area (TPSA) is 68.9 Å². The first-order chi connectivity index (χ1) is 10.2. The highest BCUT2D eigenvalue weighted by atomic mass is 32.1. The number of hydrogen-bond donors (Lipinski definition) is 1. The summed E-state index contributed by atoms with van der Waals surface area (Å²) >= 11 is 1.54. The number of thiophene rings is 1. The third-order valence-electron chi connectivity index (χ3n) is 3.26. The highest BCUT2D eigenvalue weighted by Crippen LogP contribution is 2.37. The first-order valence-corrected chi connectivity index (χ1v) is 7.69. The minimum absolute atomic E-state index is 0.0647. The summed E-state index contributed by atoms with van der Waals surface area (Å²) in [6.07, 6.45) is 3.58. The Morgan fingerprint density at radius 1 is 1.57 bits per heavy atom. The van der Waals surface area contributed by atoms with Crippen LogP contribution in [0.4, 0.5) is 0 Å². The molecule has 1 fully saturated rings. The highest BCUT2D eigenvalue weighted by molar-refractivity contribution is 7.13. The molecule has 0 aromatic carbocycles. The fraction of sp³-hybridized carbons (Fsp3) is 0.357. The van der Waals surface area contributed by atoms with Gasteiger partial charge in [0.2, 0.25) is 5.91 Å². The molecule has 0 bridgehead atoms. The van der Waals surface area contributed by atoms with Crippen molar-refractivity contribution in [3.05, 3.63) is 40.7 Å². The monoisotopic (exact) mass is 304 g/mol. The zero-order chi connectivity index (χ0) is 14.8. The third-order valence-corrected chi connectivity index (χ3v) is 4.13. The minimum Gasteiger partial charge on any atom is -0.351 e. The molecule has 1 N–H and O–H groups in total. The van der Waals surface area contributed by atoms with E-state index in [0.29, 0.717) is 12.4 Å². The smallest absolute Gasteiger partial charge is 0.346 e. The molecule has 0 unspecified atom stereocenters. The molecular formula is C14H16N4O2S. The van der Waals surface area contributed by atoms with Gasteiger partial charge in [0, 0.05) is 12.6 Å². The molecule has 0 saturated heterocycles. The number of rotatable bonds is 6. The Bertz CT molecular complexity index is 710. The Balaban J connectivity index is 1.92. The van der Waals surface area contributed by atoms with Crippen molar-refractivity contribution in [1.29, 1.82) is 0 Å². The summed E-state index contributed by atoms with van der Waals surface area (Å²) in [4.78, 5) is 25.1. The summed E-state index contributed by atoms with van der Waals surface area (Å²) in [6.45, 7) is 3.86. The van der Waals surface area contributed by atoms with E-state index in [1.807, 2.05) is 17.5 Å². The number of hydrogen-bond acceptors (Lipinski definition) is 4. The fourth-order valence-corrected chi connectivity index (χ4v) is 2.84. The molecule has 1 saturated carbocycles. The lowest BCUT2D eigenvalue weighted by atomic mass is 10.4. The number of carbonyl (C=O) groups excluding carboxylic acids is 1. The van der Waals surface area contributed by atoms with Crippen LogP contribution in [-0.2, 0) is 11.3 Å². The van der Waals surface area contributed by atoms with Crippen molar-refractivity contribution < 1.29 is 4.79 Å². The van der Waals surface area contributed by atoms with E-state index < -0.39 is 0 Å². The maximum Gasteiger partial charge on any atom is 0.346 e. The van der Waals surface area contributed by atoms with Crippen molar-refractivity contribution in [3.63, 3.8) is 0 Å². The van der Waals surface area contributed by atoms with Crippen LogP contribution >= 0.6 is 11.3 Å². The van der Waals surface area contributed by atoms with E-state index in [9.17, 15) is 9.59 Å². The average Bonchev–Trinajstić information content (AvgIpc) is 3.05. The van der Waals surface area contributed by atoms with Gasteiger partial charge in [-0.15, -0.1) is 23.0 Å². The second kappa shape index (κ2) is 5.69. The van der Waals surface area contributed by atoms with Gasteiger partial charge in [-0.2, -0.15) is 0 Å². The number of nitrogens with one attached hydrogen (secondary N) is 1. The SMILES string of the molecule is C=CCNC(=O)Cn1nc(-c2cccs2)n(C2CC2)c1=O. The quantitative estimate of drug-likeness (QED) is 0.820. The molecule has 2 aromatic rings. The van der Waals surface area contributed by atoms with Crippen molar-refractivity contribution >= 4 is 17.2 Å². The third kappa shape index (κ3) is 2.82. The molecule has 0 atom stereocenters. The molecule has 0 spiro atoms. The van der Waals surface area contributed by atoms with Gasteiger partial charge >= 0.3 is 5.69 Å². The molecule has 0 radical (unpaired) electrons. The van der Waals surface area contributed by atoms with Gasteiger partial charge in [-0.1, -0.05) is 12.1 Å². The van der Waals surface area contributed by atoms with E-state index in [-0.39, 0.29) is 24.2 Å². The van der Waals surface area contributed by atoms with Crippen LogP contribution in [0, 0.1) is 0 Å². The van der Waals surface area contributed by atoms with Crippen LogP contribution in [0.2, 0.25) is 0 Å². The predicted octanol–water partition coefficient (Wildman–Crippen LogP) is 1.41. The Hall–Kier alpha value is -2.15. The van der Waals surface area contributed by atoms with Gasteiger partial charge in [-0.3, -0.25) is 9.36 Å². The lowest BCUT2D eigenvalue weighted by molar-refractivity contribution is -0.121. The molecule has 7 heteroatoms. The number of nitrogens with zero attached hydrogens (tertiary/aromatic N) is 3. The Labute approximate surface area is 125 Å². The maximum atomic E-state index is 12.4. The normalized spacial score (nSPS) is 14.1. The fourth-order valence-electron chi connectivity index (χ4n) is 2.14. The molecule has 1 amide bonds. The van der Waals surface area contributed by atoms with Crippen LogP contribution in [-0.4, -0.2) is 26.8 Å². The number of carbonyl (C=O) groups is 1. The molecule has 2 heterocycles. The Kier molecular flexibility index (Phi) is 3.74. The van der Waals surface area contributed by atoms with Gasteiger partial charge in [0.05, 0.1) is 4.88 Å².